The van der Waals surface area contributed by atoms with Crippen molar-refractivity contribution in [2.75, 3.05) is 6.54 Å². The molecule has 2 rings (SSSR count). The van der Waals surface area contributed by atoms with Gasteiger partial charge < -0.3 is 15.5 Å². The molecule has 0 aliphatic rings. The number of aryl methyl sites for hydroxylation is 2. The highest BCUT2D eigenvalue weighted by Gasteiger charge is 2.14. The fourth-order valence-electron chi connectivity index (χ4n) is 1.98. The summed E-state index contributed by atoms with van der Waals surface area (Å²) in [6.45, 7) is 1.89. The van der Waals surface area contributed by atoms with Gasteiger partial charge in [-0.15, -0.1) is 0 Å². The van der Waals surface area contributed by atoms with E-state index >= 15 is 0 Å². The summed E-state index contributed by atoms with van der Waals surface area (Å²) in [4.78, 5) is 26.6. The predicted molar refractivity (Wildman–Crippen MR) is 73.8 cm³/mol. The van der Waals surface area contributed by atoms with E-state index in [2.05, 4.69) is 15.4 Å². The number of carbonyl (C=O) groups is 2. The average molecular weight is 292 g/mol. The van der Waals surface area contributed by atoms with Gasteiger partial charge in [0.05, 0.1) is 11.3 Å². The second kappa shape index (κ2) is 5.88. The highest BCUT2D eigenvalue weighted by Crippen LogP contribution is 2.16. The van der Waals surface area contributed by atoms with Crippen molar-refractivity contribution in [1.29, 1.82) is 0 Å². The number of carboxylic acid groups (broad SMARTS) is 1. The molecular formula is C13H16N4O4. The van der Waals surface area contributed by atoms with Crippen LogP contribution >= 0.6 is 0 Å². The van der Waals surface area contributed by atoms with E-state index in [1.807, 2.05) is 6.92 Å². The van der Waals surface area contributed by atoms with Gasteiger partial charge in [0.15, 0.2) is 11.8 Å². The van der Waals surface area contributed by atoms with Crippen molar-refractivity contribution in [2.24, 2.45) is 7.05 Å². The molecule has 2 aromatic heterocycles. The Morgan fingerprint density at radius 1 is 1.48 bits per heavy atom. The Balaban J connectivity index is 2.06. The van der Waals surface area contributed by atoms with Gasteiger partial charge in [0.1, 0.15) is 0 Å². The summed E-state index contributed by atoms with van der Waals surface area (Å²) in [5.41, 5.74) is 1.82. The number of fused-ring (bicyclic) bond motifs is 1. The molecule has 0 aliphatic carbocycles. The Kier molecular flexibility index (Phi) is 4.18. The maximum Gasteiger partial charge on any atom is 0.332 e. The Bertz CT molecular complexity index is 695. The van der Waals surface area contributed by atoms with Gasteiger partial charge in [-0.25, -0.2) is 9.78 Å². The number of amides is 1. The van der Waals surface area contributed by atoms with Gasteiger partial charge in [-0.2, -0.15) is 5.10 Å². The number of pyridine rings is 1. The summed E-state index contributed by atoms with van der Waals surface area (Å²) >= 11 is 0. The van der Waals surface area contributed by atoms with E-state index in [1.165, 1.54) is 6.20 Å². The molecular weight excluding hydrogens is 276 g/mol. The van der Waals surface area contributed by atoms with E-state index in [4.69, 9.17) is 10.2 Å². The van der Waals surface area contributed by atoms with Crippen LogP contribution in [0.15, 0.2) is 12.3 Å². The molecule has 0 aliphatic heterocycles. The SMILES string of the molecule is Cc1nn(C)c2ncc(C(=O)NCCC(O)C(=O)O)cc12. The molecule has 112 valence electrons. The van der Waals surface area contributed by atoms with Gasteiger partial charge in [0.2, 0.25) is 0 Å². The molecule has 2 aromatic rings. The molecule has 21 heavy (non-hydrogen) atoms. The van der Waals surface area contributed by atoms with Crippen LogP contribution in [-0.4, -0.2) is 49.5 Å². The van der Waals surface area contributed by atoms with Crippen molar-refractivity contribution in [2.45, 2.75) is 19.4 Å². The van der Waals surface area contributed by atoms with Gasteiger partial charge in [-0.1, -0.05) is 0 Å². The predicted octanol–water partition coefficient (Wildman–Crippen LogP) is -0.158. The van der Waals surface area contributed by atoms with Crippen molar-refractivity contribution in [3.05, 3.63) is 23.5 Å². The zero-order valence-electron chi connectivity index (χ0n) is 11.7. The lowest BCUT2D eigenvalue weighted by Crippen LogP contribution is -2.30. The van der Waals surface area contributed by atoms with E-state index in [0.29, 0.717) is 11.2 Å². The minimum Gasteiger partial charge on any atom is -0.479 e. The van der Waals surface area contributed by atoms with E-state index in [1.54, 1.807) is 17.8 Å². The number of hydrogen-bond donors (Lipinski definition) is 3. The third kappa shape index (κ3) is 3.16. The first-order chi connectivity index (χ1) is 9.90. The monoisotopic (exact) mass is 292 g/mol. The van der Waals surface area contributed by atoms with Gasteiger partial charge in [-0.05, 0) is 13.0 Å². The summed E-state index contributed by atoms with van der Waals surface area (Å²) in [5.74, 6) is -1.68. The van der Waals surface area contributed by atoms with Crippen molar-refractivity contribution in [3.63, 3.8) is 0 Å². The maximum absolute atomic E-state index is 12.0. The molecule has 0 radical (unpaired) electrons. The number of aromatic nitrogens is 3. The fourth-order valence-corrected chi connectivity index (χ4v) is 1.98. The van der Waals surface area contributed by atoms with Crippen LogP contribution in [0.5, 0.6) is 0 Å². The molecule has 2 heterocycles. The first kappa shape index (κ1) is 14.9. The lowest BCUT2D eigenvalue weighted by atomic mass is 10.2. The fraction of sp³-hybridized carbons (Fsp3) is 0.385. The molecule has 1 unspecified atom stereocenters. The number of nitrogens with one attached hydrogen (secondary N) is 1. The molecule has 0 saturated carbocycles. The minimum atomic E-state index is -1.48. The highest BCUT2D eigenvalue weighted by atomic mass is 16.4. The molecule has 0 fully saturated rings. The van der Waals surface area contributed by atoms with Crippen LogP contribution in [0.1, 0.15) is 22.5 Å². The Hall–Kier alpha value is -2.48. The van der Waals surface area contributed by atoms with Gasteiger partial charge in [-0.3, -0.25) is 9.48 Å². The van der Waals surface area contributed by atoms with Gasteiger partial charge in [0.25, 0.3) is 5.91 Å². The summed E-state index contributed by atoms with van der Waals surface area (Å²) in [6, 6.07) is 1.69. The maximum atomic E-state index is 12.0. The van der Waals surface area contributed by atoms with Crippen molar-refractivity contribution in [3.8, 4) is 0 Å². The summed E-state index contributed by atoms with van der Waals surface area (Å²) < 4.78 is 1.63. The summed E-state index contributed by atoms with van der Waals surface area (Å²) in [5, 5.41) is 25.2. The topological polar surface area (TPSA) is 117 Å². The third-order valence-electron chi connectivity index (χ3n) is 3.11. The second-order valence-corrected chi connectivity index (χ2v) is 4.70. The number of aliphatic hydroxyl groups is 1. The van der Waals surface area contributed by atoms with E-state index < -0.39 is 12.1 Å². The third-order valence-corrected chi connectivity index (χ3v) is 3.11. The van der Waals surface area contributed by atoms with Crippen LogP contribution in [0, 0.1) is 6.92 Å². The number of carboxylic acids is 1. The average Bonchev–Trinajstić information content (AvgIpc) is 2.73. The Morgan fingerprint density at radius 2 is 2.19 bits per heavy atom. The molecule has 8 heteroatoms. The number of nitrogens with zero attached hydrogens (tertiary/aromatic N) is 3. The first-order valence-electron chi connectivity index (χ1n) is 6.38. The normalized spacial score (nSPS) is 12.3. The lowest BCUT2D eigenvalue weighted by Gasteiger charge is -2.07. The number of carbonyl (C=O) groups excluding carboxylic acids is 1. The summed E-state index contributed by atoms with van der Waals surface area (Å²) in [7, 11) is 1.77. The minimum absolute atomic E-state index is 0.0529. The van der Waals surface area contributed by atoms with Gasteiger partial charge in [0, 0.05) is 31.6 Å². The van der Waals surface area contributed by atoms with E-state index in [0.717, 1.165) is 11.1 Å². The highest BCUT2D eigenvalue weighted by molar-refractivity contribution is 5.97. The zero-order chi connectivity index (χ0) is 15.6. The van der Waals surface area contributed by atoms with Gasteiger partial charge >= 0.3 is 5.97 Å². The quantitative estimate of drug-likeness (QED) is 0.705. The van der Waals surface area contributed by atoms with Crippen LogP contribution < -0.4 is 5.32 Å². The van der Waals surface area contributed by atoms with E-state index in [9.17, 15) is 9.59 Å². The molecule has 0 aromatic carbocycles. The van der Waals surface area contributed by atoms with Crippen LogP contribution in [-0.2, 0) is 11.8 Å². The van der Waals surface area contributed by atoms with E-state index in [-0.39, 0.29) is 18.9 Å². The number of rotatable bonds is 5. The van der Waals surface area contributed by atoms with Crippen molar-refractivity contribution >= 4 is 22.9 Å². The van der Waals surface area contributed by atoms with Crippen LogP contribution in [0.3, 0.4) is 0 Å². The Morgan fingerprint density at radius 3 is 2.86 bits per heavy atom. The Labute approximate surface area is 120 Å². The van der Waals surface area contributed by atoms with Crippen LogP contribution in [0.25, 0.3) is 11.0 Å². The molecule has 8 nitrogen and oxygen atoms in total. The summed E-state index contributed by atoms with van der Waals surface area (Å²) in [6.07, 6.45) is -0.0961. The molecule has 1 amide bonds. The van der Waals surface area contributed by atoms with Crippen molar-refractivity contribution < 1.29 is 19.8 Å². The molecule has 1 atom stereocenters. The second-order valence-electron chi connectivity index (χ2n) is 4.70. The lowest BCUT2D eigenvalue weighted by molar-refractivity contribution is -0.146. The molecule has 0 saturated heterocycles. The van der Waals surface area contributed by atoms with Crippen LogP contribution in [0.4, 0.5) is 0 Å². The zero-order valence-corrected chi connectivity index (χ0v) is 11.7. The smallest absolute Gasteiger partial charge is 0.332 e. The molecule has 0 bridgehead atoms. The molecule has 3 N–H and O–H groups in total. The number of aliphatic hydroxyl groups excluding tert-OH is 1. The first-order valence-corrected chi connectivity index (χ1v) is 6.38. The molecule has 0 spiro atoms. The largest absolute Gasteiger partial charge is 0.479 e. The van der Waals surface area contributed by atoms with Crippen molar-refractivity contribution in [1.82, 2.24) is 20.1 Å². The standard InChI is InChI=1S/C13H16N4O4/c1-7-9-5-8(6-15-11(9)17(2)16-7)12(19)14-4-3-10(18)13(20)21/h5-6,10,18H,3-4H2,1-2H3,(H,14,19)(H,20,21). The van der Waals surface area contributed by atoms with Crippen LogP contribution in [0.2, 0.25) is 0 Å². The number of hydrogen-bond acceptors (Lipinski definition) is 5. The number of aliphatic carboxylic acids is 1.